The first kappa shape index (κ1) is 17.1. The van der Waals surface area contributed by atoms with E-state index >= 15 is 0 Å². The molecule has 2 aromatic rings. The highest BCUT2D eigenvalue weighted by Crippen LogP contribution is 2.36. The normalized spacial score (nSPS) is 15.2. The molecule has 124 valence electrons. The van der Waals surface area contributed by atoms with Gasteiger partial charge in [0, 0.05) is 29.6 Å². The molecule has 0 saturated heterocycles. The van der Waals surface area contributed by atoms with E-state index in [1.807, 2.05) is 0 Å². The fourth-order valence-electron chi connectivity index (χ4n) is 2.68. The molecule has 0 fully saturated rings. The Hall–Kier alpha value is -1.73. The van der Waals surface area contributed by atoms with Crippen LogP contribution in [-0.4, -0.2) is 19.2 Å². The van der Waals surface area contributed by atoms with Crippen LogP contribution in [0.3, 0.4) is 0 Å². The molecule has 2 aromatic carbocycles. The van der Waals surface area contributed by atoms with Crippen LogP contribution < -0.4 is 15.9 Å². The average Bonchev–Trinajstić information content (AvgIpc) is 3.15. The lowest BCUT2D eigenvalue weighted by Gasteiger charge is -2.23. The molecule has 0 radical (unpaired) electrons. The van der Waals surface area contributed by atoms with Gasteiger partial charge in [-0.25, -0.2) is 0 Å². The van der Waals surface area contributed by atoms with Gasteiger partial charge < -0.3 is 9.84 Å². The summed E-state index contributed by atoms with van der Waals surface area (Å²) in [5.41, 5.74) is 0. The van der Waals surface area contributed by atoms with Gasteiger partial charge >= 0.3 is 0 Å². The summed E-state index contributed by atoms with van der Waals surface area (Å²) >= 11 is 0. The molecule has 0 aliphatic heterocycles. The Bertz CT molecular complexity index is 617. The Morgan fingerprint density at radius 2 is 1.46 bits per heavy atom. The summed E-state index contributed by atoms with van der Waals surface area (Å²) in [7, 11) is -0.785. The molecule has 0 amide bonds. The topological polar surface area (TPSA) is 21.3 Å². The van der Waals surface area contributed by atoms with Crippen molar-refractivity contribution in [3.8, 4) is 0 Å². The maximum Gasteiger partial charge on any atom is 0.0922 e. The number of allylic oxidation sites excluding steroid dienone is 2. The molecule has 0 saturated carbocycles. The molecule has 2 nitrogen and oxygen atoms in total. The summed E-state index contributed by atoms with van der Waals surface area (Å²) < 4.78 is 6.45. The summed E-state index contributed by atoms with van der Waals surface area (Å²) in [5, 5.41) is 6.03. The molecule has 0 spiro atoms. The number of hydrogen-bond donors (Lipinski definition) is 1. The first-order chi connectivity index (χ1) is 11.8. The van der Waals surface area contributed by atoms with Crippen molar-refractivity contribution in [2.45, 2.75) is 13.0 Å². The maximum atomic E-state index is 6.45. The van der Waals surface area contributed by atoms with Gasteiger partial charge in [0.05, 0.1) is 14.3 Å². The van der Waals surface area contributed by atoms with Crippen LogP contribution in [0, 0.1) is 5.92 Å². The predicted octanol–water partition coefficient (Wildman–Crippen LogP) is 3.77. The lowest BCUT2D eigenvalue weighted by atomic mass is 10.2. The predicted molar refractivity (Wildman–Crippen MR) is 104 cm³/mol. The van der Waals surface area contributed by atoms with E-state index in [2.05, 4.69) is 97.2 Å². The van der Waals surface area contributed by atoms with Gasteiger partial charge in [0.2, 0.25) is 0 Å². The van der Waals surface area contributed by atoms with Crippen LogP contribution in [0.2, 0.25) is 0 Å². The molecule has 0 unspecified atom stereocenters. The van der Waals surface area contributed by atoms with Gasteiger partial charge in [-0.05, 0) is 6.92 Å². The zero-order valence-corrected chi connectivity index (χ0v) is 14.9. The second-order valence-electron chi connectivity index (χ2n) is 5.97. The Morgan fingerprint density at radius 1 is 0.917 bits per heavy atom. The number of rotatable bonds is 8. The van der Waals surface area contributed by atoms with Crippen molar-refractivity contribution in [3.63, 3.8) is 0 Å². The molecule has 0 bridgehead atoms. The molecule has 1 aliphatic rings. The highest BCUT2D eigenvalue weighted by molar-refractivity contribution is 7.68. The standard InChI is InChI=1S/C21H24NOP/c1-18(16-22-17-19-10-8-9-11-19)23-24(20-12-4-2-5-13-20)21-14-6-3-7-15-21/h2-15,18-19,22H,16-17H2,1H3/t18-/m0/s1. The number of nitrogens with one attached hydrogen (secondary N) is 1. The molecule has 1 aliphatic carbocycles. The molecular weight excluding hydrogens is 313 g/mol. The fourth-order valence-corrected chi connectivity index (χ4v) is 4.54. The van der Waals surface area contributed by atoms with Crippen LogP contribution in [0.4, 0.5) is 0 Å². The van der Waals surface area contributed by atoms with Crippen molar-refractivity contribution in [2.75, 3.05) is 13.1 Å². The fraction of sp³-hybridized carbons (Fsp3) is 0.238. The van der Waals surface area contributed by atoms with E-state index in [-0.39, 0.29) is 6.10 Å². The van der Waals surface area contributed by atoms with Crippen LogP contribution in [0.25, 0.3) is 0 Å². The third-order valence-corrected chi connectivity index (χ3v) is 6.01. The van der Waals surface area contributed by atoms with Crippen LogP contribution in [0.5, 0.6) is 0 Å². The van der Waals surface area contributed by atoms with Crippen molar-refractivity contribution < 1.29 is 4.52 Å². The quantitative estimate of drug-likeness (QED) is 0.741. The van der Waals surface area contributed by atoms with E-state index in [1.54, 1.807) is 0 Å². The number of hydrogen-bond acceptors (Lipinski definition) is 2. The highest BCUT2D eigenvalue weighted by atomic mass is 31.1. The monoisotopic (exact) mass is 337 g/mol. The summed E-state index contributed by atoms with van der Waals surface area (Å²) in [5.74, 6) is 0.516. The van der Waals surface area contributed by atoms with Crippen LogP contribution in [-0.2, 0) is 4.52 Å². The van der Waals surface area contributed by atoms with Gasteiger partial charge in [-0.2, -0.15) is 0 Å². The van der Waals surface area contributed by atoms with Crippen molar-refractivity contribution in [3.05, 3.63) is 85.0 Å². The van der Waals surface area contributed by atoms with E-state index in [4.69, 9.17) is 4.52 Å². The molecule has 0 heterocycles. The number of benzene rings is 2. The summed E-state index contributed by atoms with van der Waals surface area (Å²) in [4.78, 5) is 0. The summed E-state index contributed by atoms with van der Waals surface area (Å²) in [6, 6.07) is 21.1. The van der Waals surface area contributed by atoms with Crippen molar-refractivity contribution in [1.82, 2.24) is 5.32 Å². The Kier molecular flexibility index (Phi) is 6.37. The van der Waals surface area contributed by atoms with Gasteiger partial charge in [0.15, 0.2) is 0 Å². The Balaban J connectivity index is 1.61. The molecule has 1 atom stereocenters. The van der Waals surface area contributed by atoms with Crippen molar-refractivity contribution >= 4 is 18.8 Å². The minimum Gasteiger partial charge on any atom is -0.345 e. The van der Waals surface area contributed by atoms with E-state index in [0.29, 0.717) is 5.92 Å². The van der Waals surface area contributed by atoms with Gasteiger partial charge in [-0.3, -0.25) is 0 Å². The van der Waals surface area contributed by atoms with Crippen LogP contribution >= 0.6 is 8.15 Å². The van der Waals surface area contributed by atoms with E-state index in [0.717, 1.165) is 13.1 Å². The lowest BCUT2D eigenvalue weighted by Crippen LogP contribution is -2.30. The van der Waals surface area contributed by atoms with Gasteiger partial charge in [0.25, 0.3) is 0 Å². The van der Waals surface area contributed by atoms with Crippen molar-refractivity contribution in [1.29, 1.82) is 0 Å². The zero-order valence-electron chi connectivity index (χ0n) is 14.0. The summed E-state index contributed by atoms with van der Waals surface area (Å²) in [6.45, 7) is 3.97. The lowest BCUT2D eigenvalue weighted by molar-refractivity contribution is 0.247. The van der Waals surface area contributed by atoms with E-state index < -0.39 is 8.15 Å². The second kappa shape index (κ2) is 8.94. The minimum absolute atomic E-state index is 0.158. The average molecular weight is 337 g/mol. The Morgan fingerprint density at radius 3 is 2.00 bits per heavy atom. The van der Waals surface area contributed by atoms with Gasteiger partial charge in [-0.15, -0.1) is 0 Å². The first-order valence-corrected chi connectivity index (χ1v) is 9.71. The molecule has 3 rings (SSSR count). The van der Waals surface area contributed by atoms with Crippen LogP contribution in [0.15, 0.2) is 85.0 Å². The van der Waals surface area contributed by atoms with Gasteiger partial charge in [-0.1, -0.05) is 85.0 Å². The van der Waals surface area contributed by atoms with E-state index in [9.17, 15) is 0 Å². The molecular formula is C21H24NOP. The SMILES string of the molecule is C[C@@H](CNCC1C=CC=C1)OP(c1ccccc1)c1ccccc1. The molecule has 0 aromatic heterocycles. The zero-order chi connectivity index (χ0) is 16.6. The highest BCUT2D eigenvalue weighted by Gasteiger charge is 2.18. The smallest absolute Gasteiger partial charge is 0.0922 e. The summed E-state index contributed by atoms with van der Waals surface area (Å²) in [6.07, 6.45) is 8.82. The maximum absolute atomic E-state index is 6.45. The minimum atomic E-state index is -0.785. The van der Waals surface area contributed by atoms with Gasteiger partial charge in [0.1, 0.15) is 0 Å². The second-order valence-corrected chi connectivity index (χ2v) is 7.81. The third kappa shape index (κ3) is 4.88. The largest absolute Gasteiger partial charge is 0.345 e. The first-order valence-electron chi connectivity index (χ1n) is 8.45. The Labute approximate surface area is 146 Å². The molecule has 1 N–H and O–H groups in total. The van der Waals surface area contributed by atoms with E-state index in [1.165, 1.54) is 10.6 Å². The van der Waals surface area contributed by atoms with Crippen molar-refractivity contribution in [2.24, 2.45) is 5.92 Å². The van der Waals surface area contributed by atoms with Crippen LogP contribution in [0.1, 0.15) is 6.92 Å². The molecule has 24 heavy (non-hydrogen) atoms. The third-order valence-electron chi connectivity index (χ3n) is 3.91. The molecule has 3 heteroatoms.